The van der Waals surface area contributed by atoms with Gasteiger partial charge in [0.25, 0.3) is 0 Å². The SMILES string of the molecule is CC(=O)OC(=O)C(CC(=O)O)CC(=O)O. The highest BCUT2D eigenvalue weighted by molar-refractivity contribution is 5.89. The number of esters is 2. The van der Waals surface area contributed by atoms with Gasteiger partial charge in [0.1, 0.15) is 0 Å². The molecule has 0 aliphatic carbocycles. The van der Waals surface area contributed by atoms with Gasteiger partial charge in [-0.15, -0.1) is 0 Å². The summed E-state index contributed by atoms with van der Waals surface area (Å²) in [5.74, 6) is -6.04. The fourth-order valence-electron chi connectivity index (χ4n) is 0.885. The summed E-state index contributed by atoms with van der Waals surface area (Å²) in [5.41, 5.74) is 0. The lowest BCUT2D eigenvalue weighted by molar-refractivity contribution is -0.165. The average molecular weight is 218 g/mol. The Balaban J connectivity index is 4.46. The highest BCUT2D eigenvalue weighted by Crippen LogP contribution is 2.11. The molecule has 0 fully saturated rings. The van der Waals surface area contributed by atoms with Gasteiger partial charge < -0.3 is 14.9 Å². The smallest absolute Gasteiger partial charge is 0.317 e. The Hall–Kier alpha value is -1.92. The summed E-state index contributed by atoms with van der Waals surface area (Å²) in [4.78, 5) is 42.0. The number of carboxylic acids is 2. The summed E-state index contributed by atoms with van der Waals surface area (Å²) in [6.45, 7) is 0.969. The van der Waals surface area contributed by atoms with E-state index in [0.717, 1.165) is 6.92 Å². The van der Waals surface area contributed by atoms with E-state index in [0.29, 0.717) is 0 Å². The third kappa shape index (κ3) is 6.19. The Morgan fingerprint density at radius 3 is 1.73 bits per heavy atom. The van der Waals surface area contributed by atoms with E-state index in [1.807, 2.05) is 0 Å². The van der Waals surface area contributed by atoms with Crippen molar-refractivity contribution in [1.29, 1.82) is 0 Å². The first kappa shape index (κ1) is 13.1. The lowest BCUT2D eigenvalue weighted by Gasteiger charge is -2.09. The molecule has 0 saturated heterocycles. The first-order chi connectivity index (χ1) is 6.82. The molecule has 0 amide bonds. The molecule has 0 spiro atoms. The summed E-state index contributed by atoms with van der Waals surface area (Å²) >= 11 is 0. The first-order valence-electron chi connectivity index (χ1n) is 3.98. The van der Waals surface area contributed by atoms with Crippen LogP contribution in [0.5, 0.6) is 0 Å². The second kappa shape index (κ2) is 5.74. The molecule has 0 aromatic rings. The number of aliphatic carboxylic acids is 2. The first-order valence-corrected chi connectivity index (χ1v) is 3.98. The number of carbonyl (C=O) groups excluding carboxylic acids is 2. The van der Waals surface area contributed by atoms with Gasteiger partial charge in [-0.3, -0.25) is 19.2 Å². The second-order valence-corrected chi connectivity index (χ2v) is 2.81. The molecule has 0 rings (SSSR count). The van der Waals surface area contributed by atoms with E-state index >= 15 is 0 Å². The molecule has 0 heterocycles. The molecular formula is C8H10O7. The van der Waals surface area contributed by atoms with Crippen LogP contribution < -0.4 is 0 Å². The van der Waals surface area contributed by atoms with Gasteiger partial charge in [0.05, 0.1) is 18.8 Å². The predicted octanol–water partition coefficient (Wildman–Crippen LogP) is -0.358. The minimum absolute atomic E-state index is 0.682. The van der Waals surface area contributed by atoms with Crippen molar-refractivity contribution in [2.24, 2.45) is 5.92 Å². The van der Waals surface area contributed by atoms with Gasteiger partial charge >= 0.3 is 23.9 Å². The zero-order valence-corrected chi connectivity index (χ0v) is 7.93. The van der Waals surface area contributed by atoms with Crippen LogP contribution in [0.1, 0.15) is 19.8 Å². The molecular weight excluding hydrogens is 208 g/mol. The fraction of sp³-hybridized carbons (Fsp3) is 0.500. The van der Waals surface area contributed by atoms with Crippen LogP contribution in [0.4, 0.5) is 0 Å². The van der Waals surface area contributed by atoms with E-state index in [-0.39, 0.29) is 0 Å². The minimum atomic E-state index is -1.34. The van der Waals surface area contributed by atoms with Crippen molar-refractivity contribution in [2.45, 2.75) is 19.8 Å². The summed E-state index contributed by atoms with van der Waals surface area (Å²) in [5, 5.41) is 16.8. The molecule has 7 nitrogen and oxygen atoms in total. The molecule has 0 aromatic carbocycles. The normalized spacial score (nSPS) is 9.73. The summed E-state index contributed by atoms with van der Waals surface area (Å²) < 4.78 is 4.11. The Kier molecular flexibility index (Phi) is 5.00. The highest BCUT2D eigenvalue weighted by Gasteiger charge is 2.26. The van der Waals surface area contributed by atoms with Crippen molar-refractivity contribution in [3.05, 3.63) is 0 Å². The topological polar surface area (TPSA) is 118 Å². The van der Waals surface area contributed by atoms with Crippen molar-refractivity contribution < 1.29 is 34.1 Å². The minimum Gasteiger partial charge on any atom is -0.481 e. The molecule has 0 saturated carbocycles. The Bertz CT molecular complexity index is 277. The van der Waals surface area contributed by atoms with Crippen LogP contribution in [0.15, 0.2) is 0 Å². The number of ether oxygens (including phenoxy) is 1. The third-order valence-electron chi connectivity index (χ3n) is 1.42. The van der Waals surface area contributed by atoms with Crippen molar-refractivity contribution in [1.82, 2.24) is 0 Å². The zero-order valence-electron chi connectivity index (χ0n) is 7.93. The van der Waals surface area contributed by atoms with Crippen LogP contribution in [0.2, 0.25) is 0 Å². The Morgan fingerprint density at radius 2 is 1.47 bits per heavy atom. The van der Waals surface area contributed by atoms with Gasteiger partial charge in [0, 0.05) is 6.92 Å². The molecule has 7 heteroatoms. The molecule has 15 heavy (non-hydrogen) atoms. The van der Waals surface area contributed by atoms with Crippen LogP contribution in [0.25, 0.3) is 0 Å². The zero-order chi connectivity index (χ0) is 12.0. The molecule has 0 atom stereocenters. The molecule has 0 bridgehead atoms. The number of carboxylic acid groups (broad SMARTS) is 2. The van der Waals surface area contributed by atoms with E-state index < -0.39 is 42.6 Å². The molecule has 0 aromatic heterocycles. The number of hydrogen-bond acceptors (Lipinski definition) is 5. The molecule has 84 valence electrons. The van der Waals surface area contributed by atoms with Crippen LogP contribution >= 0.6 is 0 Å². The van der Waals surface area contributed by atoms with Crippen molar-refractivity contribution >= 4 is 23.9 Å². The molecule has 2 N–H and O–H groups in total. The monoisotopic (exact) mass is 218 g/mol. The Morgan fingerprint density at radius 1 is 1.07 bits per heavy atom. The number of carbonyl (C=O) groups is 4. The van der Waals surface area contributed by atoms with Crippen LogP contribution in [-0.2, 0) is 23.9 Å². The fourth-order valence-corrected chi connectivity index (χ4v) is 0.885. The van der Waals surface area contributed by atoms with E-state index in [4.69, 9.17) is 10.2 Å². The maximum atomic E-state index is 11.1. The summed E-state index contributed by atoms with van der Waals surface area (Å²) in [6.07, 6.45) is -1.36. The van der Waals surface area contributed by atoms with Crippen LogP contribution in [0.3, 0.4) is 0 Å². The number of hydrogen-bond donors (Lipinski definition) is 2. The highest BCUT2D eigenvalue weighted by atomic mass is 16.6. The van der Waals surface area contributed by atoms with Gasteiger partial charge in [0.15, 0.2) is 0 Å². The van der Waals surface area contributed by atoms with Gasteiger partial charge in [-0.2, -0.15) is 0 Å². The number of rotatable bonds is 5. The van der Waals surface area contributed by atoms with E-state index in [1.165, 1.54) is 0 Å². The van der Waals surface area contributed by atoms with Gasteiger partial charge in [-0.1, -0.05) is 0 Å². The van der Waals surface area contributed by atoms with E-state index in [9.17, 15) is 19.2 Å². The van der Waals surface area contributed by atoms with E-state index in [1.54, 1.807) is 0 Å². The maximum Gasteiger partial charge on any atom is 0.317 e. The van der Waals surface area contributed by atoms with Gasteiger partial charge in [-0.25, -0.2) is 0 Å². The van der Waals surface area contributed by atoms with Gasteiger partial charge in [0.2, 0.25) is 0 Å². The molecule has 0 unspecified atom stereocenters. The maximum absolute atomic E-state index is 11.1. The second-order valence-electron chi connectivity index (χ2n) is 2.81. The predicted molar refractivity (Wildman–Crippen MR) is 44.8 cm³/mol. The van der Waals surface area contributed by atoms with Crippen molar-refractivity contribution in [3.63, 3.8) is 0 Å². The van der Waals surface area contributed by atoms with E-state index in [2.05, 4.69) is 4.74 Å². The van der Waals surface area contributed by atoms with Crippen LogP contribution in [-0.4, -0.2) is 34.1 Å². The quantitative estimate of drug-likeness (QED) is 0.477. The third-order valence-corrected chi connectivity index (χ3v) is 1.42. The molecule has 0 radical (unpaired) electrons. The Labute approximate surface area is 84.6 Å². The largest absolute Gasteiger partial charge is 0.481 e. The molecule has 0 aliphatic rings. The van der Waals surface area contributed by atoms with Crippen molar-refractivity contribution in [3.8, 4) is 0 Å². The lowest BCUT2D eigenvalue weighted by atomic mass is 10.0. The molecule has 0 aliphatic heterocycles. The van der Waals surface area contributed by atoms with Crippen molar-refractivity contribution in [2.75, 3.05) is 0 Å². The standard InChI is InChI=1S/C8H10O7/c1-4(9)15-8(14)5(2-6(10)11)3-7(12)13/h5H,2-3H2,1H3,(H,10,11)(H,12,13). The average Bonchev–Trinajstić information content (AvgIpc) is 1.99. The van der Waals surface area contributed by atoms with Gasteiger partial charge in [-0.05, 0) is 0 Å². The summed E-state index contributed by atoms with van der Waals surface area (Å²) in [7, 11) is 0. The van der Waals surface area contributed by atoms with Crippen LogP contribution in [0, 0.1) is 5.92 Å². The lowest BCUT2D eigenvalue weighted by Crippen LogP contribution is -2.25. The summed E-state index contributed by atoms with van der Waals surface area (Å²) in [6, 6.07) is 0.